The molecule has 0 aliphatic carbocycles. The third-order valence-corrected chi connectivity index (χ3v) is 3.55. The van der Waals surface area contributed by atoms with Crippen LogP contribution < -0.4 is 4.90 Å². The molecular weight excluding hydrogens is 238 g/mol. The summed E-state index contributed by atoms with van der Waals surface area (Å²) in [6.07, 6.45) is 4.15. The van der Waals surface area contributed by atoms with Crippen molar-refractivity contribution >= 4 is 17.7 Å². The fourth-order valence-corrected chi connectivity index (χ4v) is 2.94. The van der Waals surface area contributed by atoms with E-state index in [2.05, 4.69) is 24.8 Å². The zero-order chi connectivity index (χ0) is 13.8. The summed E-state index contributed by atoms with van der Waals surface area (Å²) >= 11 is 0. The average molecular weight is 259 g/mol. The standard InChI is InChI=1S/C16H21NO2/c1-12-9-13(2)11-17(10-12)15-6-4-3-5-14(15)7-8-16(18)19/h3-8,12-13H,9-11H2,1-2H3,(H,18,19)/b8-7+. The van der Waals surface area contributed by atoms with E-state index in [1.165, 1.54) is 12.5 Å². The highest BCUT2D eigenvalue weighted by atomic mass is 16.4. The van der Waals surface area contributed by atoms with Crippen LogP contribution in [0.1, 0.15) is 25.8 Å². The molecule has 1 N–H and O–H groups in total. The van der Waals surface area contributed by atoms with Crippen molar-refractivity contribution in [3.63, 3.8) is 0 Å². The van der Waals surface area contributed by atoms with E-state index in [0.29, 0.717) is 11.8 Å². The first kappa shape index (κ1) is 13.7. The lowest BCUT2D eigenvalue weighted by Gasteiger charge is -2.37. The quantitative estimate of drug-likeness (QED) is 0.847. The Labute approximate surface area is 114 Å². The number of para-hydroxylation sites is 1. The number of anilines is 1. The van der Waals surface area contributed by atoms with Crippen molar-refractivity contribution in [1.82, 2.24) is 0 Å². The van der Waals surface area contributed by atoms with Crippen LogP contribution in [0.5, 0.6) is 0 Å². The molecule has 1 heterocycles. The Bertz CT molecular complexity index is 471. The molecule has 0 radical (unpaired) electrons. The SMILES string of the molecule is CC1CC(C)CN(c2ccccc2/C=C/C(=O)O)C1. The topological polar surface area (TPSA) is 40.5 Å². The fraction of sp³-hybridized carbons (Fsp3) is 0.438. The minimum absolute atomic E-state index is 0.681. The molecule has 2 atom stereocenters. The van der Waals surface area contributed by atoms with Crippen molar-refractivity contribution in [1.29, 1.82) is 0 Å². The number of rotatable bonds is 3. The van der Waals surface area contributed by atoms with Crippen LogP contribution >= 0.6 is 0 Å². The maximum Gasteiger partial charge on any atom is 0.328 e. The van der Waals surface area contributed by atoms with Crippen LogP contribution in [0.2, 0.25) is 0 Å². The van der Waals surface area contributed by atoms with Gasteiger partial charge in [0.15, 0.2) is 0 Å². The fourth-order valence-electron chi connectivity index (χ4n) is 2.94. The number of piperidine rings is 1. The van der Waals surface area contributed by atoms with Crippen molar-refractivity contribution in [2.45, 2.75) is 20.3 Å². The van der Waals surface area contributed by atoms with Crippen LogP contribution in [0.4, 0.5) is 5.69 Å². The summed E-state index contributed by atoms with van der Waals surface area (Å²) in [4.78, 5) is 13.0. The Morgan fingerprint density at radius 2 is 1.89 bits per heavy atom. The maximum atomic E-state index is 10.7. The molecule has 0 bridgehead atoms. The molecule has 2 rings (SSSR count). The molecule has 0 spiro atoms. The van der Waals surface area contributed by atoms with Crippen LogP contribution in [0.25, 0.3) is 6.08 Å². The second kappa shape index (κ2) is 5.91. The van der Waals surface area contributed by atoms with Gasteiger partial charge in [-0.05, 0) is 36.0 Å². The van der Waals surface area contributed by atoms with E-state index >= 15 is 0 Å². The number of benzene rings is 1. The average Bonchev–Trinajstić information content (AvgIpc) is 2.35. The number of carboxylic acid groups (broad SMARTS) is 1. The summed E-state index contributed by atoms with van der Waals surface area (Å²) in [6, 6.07) is 8.00. The molecule has 3 nitrogen and oxygen atoms in total. The van der Waals surface area contributed by atoms with Gasteiger partial charge in [0.25, 0.3) is 0 Å². The lowest BCUT2D eigenvalue weighted by atomic mass is 9.91. The zero-order valence-electron chi connectivity index (χ0n) is 11.5. The van der Waals surface area contributed by atoms with E-state index in [1.807, 2.05) is 18.2 Å². The molecule has 3 heteroatoms. The van der Waals surface area contributed by atoms with Crippen molar-refractivity contribution in [3.05, 3.63) is 35.9 Å². The maximum absolute atomic E-state index is 10.7. The third kappa shape index (κ3) is 3.60. The smallest absolute Gasteiger partial charge is 0.328 e. The highest BCUT2D eigenvalue weighted by Crippen LogP contribution is 2.29. The summed E-state index contributed by atoms with van der Waals surface area (Å²) in [5.41, 5.74) is 2.12. The summed E-state index contributed by atoms with van der Waals surface area (Å²) in [7, 11) is 0. The molecule has 0 aromatic heterocycles. The van der Waals surface area contributed by atoms with Crippen LogP contribution in [0.3, 0.4) is 0 Å². The van der Waals surface area contributed by atoms with Gasteiger partial charge in [0.2, 0.25) is 0 Å². The lowest BCUT2D eigenvalue weighted by molar-refractivity contribution is -0.131. The second-order valence-corrected chi connectivity index (χ2v) is 5.58. The number of hydrogen-bond acceptors (Lipinski definition) is 2. The molecule has 1 aromatic carbocycles. The first-order chi connectivity index (χ1) is 9.06. The minimum Gasteiger partial charge on any atom is -0.478 e. The summed E-state index contributed by atoms with van der Waals surface area (Å²) in [6.45, 7) is 6.64. The molecule has 1 aliphatic heterocycles. The van der Waals surface area contributed by atoms with Gasteiger partial charge in [0.05, 0.1) is 0 Å². The molecule has 19 heavy (non-hydrogen) atoms. The van der Waals surface area contributed by atoms with E-state index < -0.39 is 5.97 Å². The zero-order valence-corrected chi connectivity index (χ0v) is 11.5. The van der Waals surface area contributed by atoms with Crippen LogP contribution in [0.15, 0.2) is 30.3 Å². The van der Waals surface area contributed by atoms with E-state index in [-0.39, 0.29) is 0 Å². The Balaban J connectivity index is 2.26. The normalized spacial score (nSPS) is 23.8. The summed E-state index contributed by atoms with van der Waals surface area (Å²) in [5.74, 6) is 0.454. The van der Waals surface area contributed by atoms with Crippen molar-refractivity contribution < 1.29 is 9.90 Å². The predicted octanol–water partition coefficient (Wildman–Crippen LogP) is 3.27. The first-order valence-electron chi connectivity index (χ1n) is 6.81. The van der Waals surface area contributed by atoms with Gasteiger partial charge in [-0.3, -0.25) is 0 Å². The van der Waals surface area contributed by atoms with Gasteiger partial charge in [0.1, 0.15) is 0 Å². The second-order valence-electron chi connectivity index (χ2n) is 5.58. The van der Waals surface area contributed by atoms with Crippen molar-refractivity contribution in [2.24, 2.45) is 11.8 Å². The van der Waals surface area contributed by atoms with Gasteiger partial charge >= 0.3 is 5.97 Å². The Hall–Kier alpha value is -1.77. The number of carboxylic acids is 1. The van der Waals surface area contributed by atoms with E-state index in [9.17, 15) is 4.79 Å². The number of nitrogens with zero attached hydrogens (tertiary/aromatic N) is 1. The molecule has 1 saturated heterocycles. The van der Waals surface area contributed by atoms with Gasteiger partial charge in [-0.25, -0.2) is 4.79 Å². The van der Waals surface area contributed by atoms with E-state index in [1.54, 1.807) is 6.08 Å². The molecular formula is C16H21NO2. The Morgan fingerprint density at radius 1 is 1.26 bits per heavy atom. The van der Waals surface area contributed by atoms with Crippen LogP contribution in [0, 0.1) is 11.8 Å². The van der Waals surface area contributed by atoms with Gasteiger partial charge in [0, 0.05) is 24.9 Å². The highest BCUT2D eigenvalue weighted by Gasteiger charge is 2.22. The van der Waals surface area contributed by atoms with Crippen LogP contribution in [-0.2, 0) is 4.79 Å². The molecule has 0 saturated carbocycles. The minimum atomic E-state index is -0.907. The highest BCUT2D eigenvalue weighted by molar-refractivity contribution is 5.87. The van der Waals surface area contributed by atoms with Crippen molar-refractivity contribution in [2.75, 3.05) is 18.0 Å². The van der Waals surface area contributed by atoms with Crippen LogP contribution in [-0.4, -0.2) is 24.2 Å². The number of carbonyl (C=O) groups is 1. The molecule has 1 aliphatic rings. The van der Waals surface area contributed by atoms with E-state index in [0.717, 1.165) is 24.3 Å². The largest absolute Gasteiger partial charge is 0.478 e. The number of aliphatic carboxylic acids is 1. The summed E-state index contributed by atoms with van der Waals surface area (Å²) in [5, 5.41) is 8.76. The molecule has 1 fully saturated rings. The third-order valence-electron chi connectivity index (χ3n) is 3.55. The molecule has 0 amide bonds. The Kier molecular flexibility index (Phi) is 4.25. The lowest BCUT2D eigenvalue weighted by Crippen LogP contribution is -2.39. The summed E-state index contributed by atoms with van der Waals surface area (Å²) < 4.78 is 0. The van der Waals surface area contributed by atoms with Crippen molar-refractivity contribution in [3.8, 4) is 0 Å². The monoisotopic (exact) mass is 259 g/mol. The van der Waals surface area contributed by atoms with Gasteiger partial charge in [-0.2, -0.15) is 0 Å². The molecule has 102 valence electrons. The molecule has 2 unspecified atom stereocenters. The number of hydrogen-bond donors (Lipinski definition) is 1. The van der Waals surface area contributed by atoms with E-state index in [4.69, 9.17) is 5.11 Å². The van der Waals surface area contributed by atoms with Gasteiger partial charge < -0.3 is 10.0 Å². The van der Waals surface area contributed by atoms with Gasteiger partial charge in [-0.1, -0.05) is 32.0 Å². The molecule has 1 aromatic rings. The van der Waals surface area contributed by atoms with Gasteiger partial charge in [-0.15, -0.1) is 0 Å². The Morgan fingerprint density at radius 3 is 2.53 bits per heavy atom. The first-order valence-corrected chi connectivity index (χ1v) is 6.81. The predicted molar refractivity (Wildman–Crippen MR) is 78.3 cm³/mol.